The van der Waals surface area contributed by atoms with Gasteiger partial charge < -0.3 is 15.3 Å². The molecule has 5 heteroatoms. The van der Waals surface area contributed by atoms with Gasteiger partial charge in [-0.3, -0.25) is 0 Å². The average Bonchev–Trinajstić information content (AvgIpc) is 2.16. The molecule has 1 aromatic heterocycles. The number of aliphatic hydroxyl groups is 3. The second-order valence-corrected chi connectivity index (χ2v) is 2.24. The van der Waals surface area contributed by atoms with Gasteiger partial charge >= 0.3 is 0 Å². The Kier molecular flexibility index (Phi) is 3.09. The van der Waals surface area contributed by atoms with Crippen LogP contribution in [0.1, 0.15) is 17.2 Å². The normalized spacial score (nSPS) is 10.2. The molecule has 1 aromatic rings. The number of hydrogen-bond acceptors (Lipinski definition) is 5. The van der Waals surface area contributed by atoms with Crippen LogP contribution in [0.2, 0.25) is 0 Å². The van der Waals surface area contributed by atoms with E-state index in [-0.39, 0.29) is 25.6 Å². The van der Waals surface area contributed by atoms with Gasteiger partial charge in [0.15, 0.2) is 5.82 Å². The third-order valence-corrected chi connectivity index (χ3v) is 1.34. The first-order valence-electron chi connectivity index (χ1n) is 3.48. The Morgan fingerprint density at radius 2 is 1.42 bits per heavy atom. The van der Waals surface area contributed by atoms with E-state index in [0.29, 0.717) is 11.4 Å². The lowest BCUT2D eigenvalue weighted by atomic mass is 10.3. The molecule has 0 atom stereocenters. The summed E-state index contributed by atoms with van der Waals surface area (Å²) in [6.45, 7) is -0.730. The van der Waals surface area contributed by atoms with Gasteiger partial charge in [-0.2, -0.15) is 0 Å². The maximum atomic E-state index is 8.72. The predicted octanol–water partition coefficient (Wildman–Crippen LogP) is -1.05. The Labute approximate surface area is 69.3 Å². The SMILES string of the molecule is OCc1cc(CO)nc(CO)n1. The molecule has 0 unspecified atom stereocenters. The highest BCUT2D eigenvalue weighted by Gasteiger charge is 2.01. The lowest BCUT2D eigenvalue weighted by Gasteiger charge is -2.01. The molecular formula is C7H10N2O3. The lowest BCUT2D eigenvalue weighted by Crippen LogP contribution is -2.03. The number of aromatic nitrogens is 2. The van der Waals surface area contributed by atoms with E-state index in [4.69, 9.17) is 15.3 Å². The van der Waals surface area contributed by atoms with Crippen molar-refractivity contribution in [3.63, 3.8) is 0 Å². The highest BCUT2D eigenvalue weighted by atomic mass is 16.3. The largest absolute Gasteiger partial charge is 0.390 e. The van der Waals surface area contributed by atoms with E-state index in [9.17, 15) is 0 Å². The average molecular weight is 170 g/mol. The van der Waals surface area contributed by atoms with Crippen molar-refractivity contribution in [1.82, 2.24) is 9.97 Å². The Bertz CT molecular complexity index is 210. The summed E-state index contributed by atoms with van der Waals surface area (Å²) in [6, 6.07) is 1.49. The van der Waals surface area contributed by atoms with Gasteiger partial charge in [0.1, 0.15) is 6.61 Å². The molecule has 3 N–H and O–H groups in total. The van der Waals surface area contributed by atoms with E-state index in [0.717, 1.165) is 0 Å². The standard InChI is InChI=1S/C7H10N2O3/c10-2-5-1-6(3-11)9-7(4-12)8-5/h1,10-12H,2-4H2. The molecule has 1 heterocycles. The Morgan fingerprint density at radius 3 is 1.75 bits per heavy atom. The minimum Gasteiger partial charge on any atom is -0.390 e. The van der Waals surface area contributed by atoms with Gasteiger partial charge in [-0.1, -0.05) is 0 Å². The molecule has 12 heavy (non-hydrogen) atoms. The van der Waals surface area contributed by atoms with E-state index in [1.165, 1.54) is 6.07 Å². The van der Waals surface area contributed by atoms with E-state index >= 15 is 0 Å². The summed E-state index contributed by atoms with van der Waals surface area (Å²) >= 11 is 0. The monoisotopic (exact) mass is 170 g/mol. The molecule has 0 spiro atoms. The molecule has 0 aliphatic carbocycles. The van der Waals surface area contributed by atoms with Crippen molar-refractivity contribution < 1.29 is 15.3 Å². The fourth-order valence-electron chi connectivity index (χ4n) is 0.846. The van der Waals surface area contributed by atoms with Crippen molar-refractivity contribution in [2.45, 2.75) is 19.8 Å². The van der Waals surface area contributed by atoms with Crippen LogP contribution in [-0.2, 0) is 19.8 Å². The van der Waals surface area contributed by atoms with Crippen LogP contribution in [0.5, 0.6) is 0 Å². The zero-order chi connectivity index (χ0) is 8.97. The van der Waals surface area contributed by atoms with Crippen LogP contribution in [-0.4, -0.2) is 25.3 Å². The first-order valence-corrected chi connectivity index (χ1v) is 3.48. The topological polar surface area (TPSA) is 86.5 Å². The Balaban J connectivity index is 3.01. The van der Waals surface area contributed by atoms with E-state index < -0.39 is 0 Å². The van der Waals surface area contributed by atoms with Crippen LogP contribution >= 0.6 is 0 Å². The summed E-state index contributed by atoms with van der Waals surface area (Å²) < 4.78 is 0. The van der Waals surface area contributed by atoms with Gasteiger partial charge in [0.05, 0.1) is 24.6 Å². The highest BCUT2D eigenvalue weighted by molar-refractivity contribution is 5.09. The van der Waals surface area contributed by atoms with Gasteiger partial charge in [0, 0.05) is 0 Å². The van der Waals surface area contributed by atoms with Crippen molar-refractivity contribution in [2.24, 2.45) is 0 Å². The van der Waals surface area contributed by atoms with E-state index in [2.05, 4.69) is 9.97 Å². The minimum atomic E-state index is -0.291. The molecule has 0 aliphatic rings. The third kappa shape index (κ3) is 1.97. The number of aliphatic hydroxyl groups excluding tert-OH is 3. The second kappa shape index (κ2) is 4.10. The summed E-state index contributed by atoms with van der Waals surface area (Å²) in [4.78, 5) is 7.59. The summed E-state index contributed by atoms with van der Waals surface area (Å²) in [5.74, 6) is 0.214. The van der Waals surface area contributed by atoms with Gasteiger partial charge in [-0.15, -0.1) is 0 Å². The molecule has 1 rings (SSSR count). The zero-order valence-electron chi connectivity index (χ0n) is 6.43. The van der Waals surface area contributed by atoms with Crippen LogP contribution in [0.25, 0.3) is 0 Å². The number of hydrogen-bond donors (Lipinski definition) is 3. The van der Waals surface area contributed by atoms with Crippen LogP contribution in [0.4, 0.5) is 0 Å². The molecule has 0 amide bonds. The van der Waals surface area contributed by atoms with Crippen LogP contribution < -0.4 is 0 Å². The molecule has 0 fully saturated rings. The molecular weight excluding hydrogens is 160 g/mol. The zero-order valence-corrected chi connectivity index (χ0v) is 6.43. The van der Waals surface area contributed by atoms with Crippen molar-refractivity contribution >= 4 is 0 Å². The molecule has 0 radical (unpaired) electrons. The first kappa shape index (κ1) is 9.05. The van der Waals surface area contributed by atoms with Gasteiger partial charge in [0.2, 0.25) is 0 Å². The van der Waals surface area contributed by atoms with Crippen molar-refractivity contribution in [2.75, 3.05) is 0 Å². The molecule has 0 saturated carbocycles. The molecule has 0 aromatic carbocycles. The summed E-state index contributed by atoms with van der Waals surface area (Å²) in [6.07, 6.45) is 0. The summed E-state index contributed by atoms with van der Waals surface area (Å²) in [5.41, 5.74) is 0.802. The minimum absolute atomic E-state index is 0.214. The van der Waals surface area contributed by atoms with Crippen molar-refractivity contribution in [1.29, 1.82) is 0 Å². The number of nitrogens with zero attached hydrogens (tertiary/aromatic N) is 2. The van der Waals surface area contributed by atoms with Crippen LogP contribution in [0.3, 0.4) is 0 Å². The quantitative estimate of drug-likeness (QED) is 0.539. The second-order valence-electron chi connectivity index (χ2n) is 2.24. The van der Waals surface area contributed by atoms with Crippen LogP contribution in [0, 0.1) is 0 Å². The molecule has 0 saturated heterocycles. The maximum absolute atomic E-state index is 8.72. The van der Waals surface area contributed by atoms with Gasteiger partial charge in [-0.25, -0.2) is 9.97 Å². The van der Waals surface area contributed by atoms with Crippen molar-refractivity contribution in [3.05, 3.63) is 23.3 Å². The predicted molar refractivity (Wildman–Crippen MR) is 39.8 cm³/mol. The molecule has 0 bridgehead atoms. The highest BCUT2D eigenvalue weighted by Crippen LogP contribution is 2.01. The molecule has 0 aliphatic heterocycles. The first-order chi connectivity index (χ1) is 5.80. The Hall–Kier alpha value is -1.04. The fourth-order valence-corrected chi connectivity index (χ4v) is 0.846. The summed E-state index contributed by atoms with van der Waals surface area (Å²) in [7, 11) is 0. The molecule has 66 valence electrons. The lowest BCUT2D eigenvalue weighted by molar-refractivity contribution is 0.252. The van der Waals surface area contributed by atoms with E-state index in [1.807, 2.05) is 0 Å². The maximum Gasteiger partial charge on any atom is 0.154 e. The number of rotatable bonds is 3. The third-order valence-electron chi connectivity index (χ3n) is 1.34. The van der Waals surface area contributed by atoms with Gasteiger partial charge in [-0.05, 0) is 6.07 Å². The van der Waals surface area contributed by atoms with E-state index in [1.54, 1.807) is 0 Å². The van der Waals surface area contributed by atoms with Crippen molar-refractivity contribution in [3.8, 4) is 0 Å². The smallest absolute Gasteiger partial charge is 0.154 e. The summed E-state index contributed by atoms with van der Waals surface area (Å²) in [5, 5.41) is 26.1. The fraction of sp³-hybridized carbons (Fsp3) is 0.429. The van der Waals surface area contributed by atoms with Gasteiger partial charge in [0.25, 0.3) is 0 Å². The van der Waals surface area contributed by atoms with Crippen LogP contribution in [0.15, 0.2) is 6.07 Å². The Morgan fingerprint density at radius 1 is 0.917 bits per heavy atom. The molecule has 5 nitrogen and oxygen atoms in total.